The summed E-state index contributed by atoms with van der Waals surface area (Å²) in [4.78, 5) is 97.7. The number of nitrogens with one attached hydrogen (secondary N) is 5. The number of oxazole rings is 1. The largest absolute Gasteiger partial charge is 0.444 e. The zero-order chi connectivity index (χ0) is 47.4. The molecule has 0 spiro atoms. The first-order valence-corrected chi connectivity index (χ1v) is 20.4. The summed E-state index contributed by atoms with van der Waals surface area (Å²) >= 11 is 0. The van der Waals surface area contributed by atoms with Crippen molar-refractivity contribution in [2.45, 2.75) is 44.4 Å². The number of benzene rings is 2. The molecule has 2 aromatic carbocycles. The van der Waals surface area contributed by atoms with Crippen molar-refractivity contribution >= 4 is 58.5 Å². The number of fused-ring (bicyclic) bond motifs is 1. The molecule has 25 heteroatoms. The molecule has 1 atom stereocenters. The van der Waals surface area contributed by atoms with Crippen LogP contribution in [0.3, 0.4) is 0 Å². The van der Waals surface area contributed by atoms with Crippen molar-refractivity contribution in [2.75, 3.05) is 35.6 Å². The van der Waals surface area contributed by atoms with E-state index in [1.54, 1.807) is 35.1 Å². The van der Waals surface area contributed by atoms with E-state index in [0.29, 0.717) is 55.1 Å². The van der Waals surface area contributed by atoms with Gasteiger partial charge in [0.2, 0.25) is 17.7 Å². The number of imide groups is 2. The maximum Gasteiger partial charge on any atom is 0.405 e. The Morgan fingerprint density at radius 2 is 1.75 bits per heavy atom. The molecule has 2 aliphatic rings. The van der Waals surface area contributed by atoms with Crippen molar-refractivity contribution in [1.29, 1.82) is 0 Å². The first-order chi connectivity index (χ1) is 32.1. The number of carbonyl (C=O) groups excluding carboxylic acids is 7. The fraction of sp³-hybridized carbons (Fsp3) is 0.238. The van der Waals surface area contributed by atoms with Gasteiger partial charge in [0, 0.05) is 61.7 Å². The number of aromatic nitrogens is 7. The molecular weight excluding hydrogens is 886 g/mol. The normalized spacial score (nSPS) is 14.7. The number of hydrogen-bond acceptors (Lipinski definition) is 15. The maximum absolute atomic E-state index is 13.4. The monoisotopic (exact) mass is 922 g/mol. The minimum Gasteiger partial charge on any atom is -0.444 e. The molecule has 0 bridgehead atoms. The predicted molar refractivity (Wildman–Crippen MR) is 227 cm³/mol. The van der Waals surface area contributed by atoms with Gasteiger partial charge in [-0.2, -0.15) is 18.3 Å². The third-order valence-electron chi connectivity index (χ3n) is 10.4. The van der Waals surface area contributed by atoms with Gasteiger partial charge in [0.1, 0.15) is 24.7 Å². The molecule has 22 nitrogen and oxygen atoms in total. The Hall–Kier alpha value is -8.77. The van der Waals surface area contributed by atoms with Crippen LogP contribution in [-0.4, -0.2) is 113 Å². The topological polar surface area (TPSA) is 296 Å². The Bertz CT molecular complexity index is 2930. The first kappa shape index (κ1) is 44.8. The summed E-state index contributed by atoms with van der Waals surface area (Å²) < 4.78 is 46.2. The molecule has 7 amide bonds. The molecule has 67 heavy (non-hydrogen) atoms. The molecule has 0 saturated carbocycles. The van der Waals surface area contributed by atoms with Gasteiger partial charge in [-0.3, -0.25) is 48.5 Å². The lowest BCUT2D eigenvalue weighted by atomic mass is 10.0. The lowest BCUT2D eigenvalue weighted by Crippen LogP contribution is -2.54. The van der Waals surface area contributed by atoms with Gasteiger partial charge < -0.3 is 31.4 Å². The van der Waals surface area contributed by atoms with E-state index < -0.39 is 54.2 Å². The number of primary amides is 1. The van der Waals surface area contributed by atoms with E-state index in [1.807, 2.05) is 0 Å². The molecule has 8 rings (SSSR count). The summed E-state index contributed by atoms with van der Waals surface area (Å²) in [6, 6.07) is 12.7. The summed E-state index contributed by atoms with van der Waals surface area (Å²) in [6.07, 6.45) is 1.90. The minimum absolute atomic E-state index is 0.0202. The number of aryl methyl sites for hydroxylation is 1. The fourth-order valence-corrected chi connectivity index (χ4v) is 7.19. The number of alkyl halides is 3. The van der Waals surface area contributed by atoms with E-state index in [4.69, 9.17) is 10.2 Å². The molecule has 0 aliphatic carbocycles. The van der Waals surface area contributed by atoms with Crippen molar-refractivity contribution in [1.82, 2.24) is 50.3 Å². The van der Waals surface area contributed by atoms with Crippen molar-refractivity contribution in [3.8, 4) is 17.1 Å². The van der Waals surface area contributed by atoms with Crippen LogP contribution in [0, 0.1) is 0 Å². The SMILES string of the molecule is NC(=O)c1nn(-c2ccc(C(=O)NCCCn3cc(CCNc4cccc5c4C(=O)N(C4CCC(=O)NC4=O)C5=O)nn3)cc2)cc1NC(=O)c1coc(-c2ccnc(NCC(F)(F)F)c2)n1. The van der Waals surface area contributed by atoms with Crippen molar-refractivity contribution in [3.63, 3.8) is 0 Å². The Morgan fingerprint density at radius 1 is 0.940 bits per heavy atom. The van der Waals surface area contributed by atoms with Crippen LogP contribution >= 0.6 is 0 Å². The van der Waals surface area contributed by atoms with E-state index in [9.17, 15) is 46.7 Å². The number of nitrogens with two attached hydrogens (primary N) is 1. The lowest BCUT2D eigenvalue weighted by molar-refractivity contribution is -0.136. The number of rotatable bonds is 17. The highest BCUT2D eigenvalue weighted by atomic mass is 19.4. The molecular formula is C42H37F3N14O8. The van der Waals surface area contributed by atoms with E-state index in [1.165, 1.54) is 47.4 Å². The summed E-state index contributed by atoms with van der Waals surface area (Å²) in [7, 11) is 0. The highest BCUT2D eigenvalue weighted by Gasteiger charge is 2.45. The Kier molecular flexibility index (Phi) is 12.5. The van der Waals surface area contributed by atoms with Crippen LogP contribution in [0.1, 0.15) is 77.0 Å². The van der Waals surface area contributed by atoms with E-state index >= 15 is 0 Å². The second-order valence-corrected chi connectivity index (χ2v) is 15.1. The van der Waals surface area contributed by atoms with Gasteiger partial charge in [0.05, 0.1) is 34.4 Å². The number of amides is 7. The Morgan fingerprint density at radius 3 is 2.51 bits per heavy atom. The summed E-state index contributed by atoms with van der Waals surface area (Å²) in [5.41, 5.74) is 7.36. The molecule has 344 valence electrons. The summed E-state index contributed by atoms with van der Waals surface area (Å²) in [5.74, 6) is -4.64. The molecule has 1 saturated heterocycles. The van der Waals surface area contributed by atoms with Crippen molar-refractivity contribution in [2.24, 2.45) is 5.73 Å². The second-order valence-electron chi connectivity index (χ2n) is 15.1. The lowest BCUT2D eigenvalue weighted by Gasteiger charge is -2.27. The van der Waals surface area contributed by atoms with Crippen LogP contribution in [0.2, 0.25) is 0 Å². The molecule has 1 unspecified atom stereocenters. The summed E-state index contributed by atoms with van der Waals surface area (Å²) in [5, 5.41) is 25.4. The van der Waals surface area contributed by atoms with Gasteiger partial charge in [-0.25, -0.2) is 14.6 Å². The Balaban J connectivity index is 0.795. The van der Waals surface area contributed by atoms with Crippen LogP contribution in [0.25, 0.3) is 17.1 Å². The first-order valence-electron chi connectivity index (χ1n) is 20.4. The maximum atomic E-state index is 13.4. The highest BCUT2D eigenvalue weighted by Crippen LogP contribution is 2.32. The van der Waals surface area contributed by atoms with E-state index in [-0.39, 0.29) is 64.2 Å². The molecule has 1 fully saturated rings. The number of carbonyl (C=O) groups is 7. The smallest absolute Gasteiger partial charge is 0.405 e. The quantitative estimate of drug-likeness (QED) is 0.0566. The van der Waals surface area contributed by atoms with Gasteiger partial charge in [-0.15, -0.1) is 5.10 Å². The standard InChI is InChI=1S/C42H37F3N14O8/c43-42(44,45)21-50-31-17-23(11-14-48-31)39-52-29(20-67-39)37(63)51-28-19-58(55-34(28)35(46)61)25-7-5-22(6-8-25)36(62)49-13-2-16-57-18-24(54-56-57)12-15-47-27-4-1-3-26-33(27)41(66)59(40(26)65)30-9-10-32(60)53-38(30)64/h1,3-8,11,14,17-20,30,47H,2,9-10,12-13,15-16,21H2,(H2,46,61)(H,48,50)(H,49,62)(H,51,63)(H,53,60,64). The van der Waals surface area contributed by atoms with Crippen LogP contribution in [-0.2, 0) is 22.6 Å². The van der Waals surface area contributed by atoms with Gasteiger partial charge in [0.25, 0.3) is 29.5 Å². The average Bonchev–Trinajstić information content (AvgIpc) is 4.12. The average molecular weight is 923 g/mol. The number of halogens is 3. The Labute approximate surface area is 375 Å². The number of pyridine rings is 1. The molecule has 6 aromatic rings. The molecule has 2 aliphatic heterocycles. The molecule has 0 radical (unpaired) electrons. The number of nitrogens with zero attached hydrogens (tertiary/aromatic N) is 8. The third kappa shape index (κ3) is 10.1. The number of hydrogen-bond donors (Lipinski definition) is 6. The highest BCUT2D eigenvalue weighted by molar-refractivity contribution is 6.25. The molecule has 7 N–H and O–H groups in total. The van der Waals surface area contributed by atoms with Gasteiger partial charge in [-0.05, 0) is 61.4 Å². The fourth-order valence-electron chi connectivity index (χ4n) is 7.19. The molecule has 4 aromatic heterocycles. The number of piperidine rings is 1. The van der Waals surface area contributed by atoms with Crippen LogP contribution in [0.4, 0.5) is 30.4 Å². The van der Waals surface area contributed by atoms with E-state index in [0.717, 1.165) is 11.2 Å². The second kappa shape index (κ2) is 18.8. The van der Waals surface area contributed by atoms with Crippen LogP contribution < -0.4 is 32.3 Å². The zero-order valence-corrected chi connectivity index (χ0v) is 34.8. The third-order valence-corrected chi connectivity index (χ3v) is 10.4. The zero-order valence-electron chi connectivity index (χ0n) is 34.8. The van der Waals surface area contributed by atoms with Crippen LogP contribution in [0.15, 0.2) is 83.9 Å². The van der Waals surface area contributed by atoms with Gasteiger partial charge >= 0.3 is 6.18 Å². The van der Waals surface area contributed by atoms with Crippen molar-refractivity contribution < 1.29 is 51.2 Å². The predicted octanol–water partition coefficient (Wildman–Crippen LogP) is 2.72. The van der Waals surface area contributed by atoms with Crippen LogP contribution in [0.5, 0.6) is 0 Å². The van der Waals surface area contributed by atoms with Crippen molar-refractivity contribution in [3.05, 3.63) is 113 Å². The number of anilines is 3. The van der Waals surface area contributed by atoms with Gasteiger partial charge in [-0.1, -0.05) is 11.3 Å². The molecule has 6 heterocycles. The van der Waals surface area contributed by atoms with E-state index in [2.05, 4.69) is 52.0 Å². The van der Waals surface area contributed by atoms with Gasteiger partial charge in [0.15, 0.2) is 11.4 Å². The minimum atomic E-state index is -4.47. The summed E-state index contributed by atoms with van der Waals surface area (Å²) in [6.45, 7) is -0.223.